The molecule has 2 aromatic carbocycles. The molecular formula is C19H15ClN2OS. The normalized spacial score (nSPS) is 12.9. The molecule has 0 amide bonds. The fourth-order valence-corrected chi connectivity index (χ4v) is 3.87. The van der Waals surface area contributed by atoms with Gasteiger partial charge in [0, 0.05) is 21.7 Å². The van der Waals surface area contributed by atoms with E-state index in [4.69, 9.17) is 21.3 Å². The van der Waals surface area contributed by atoms with Gasteiger partial charge in [-0.1, -0.05) is 41.1 Å². The molecule has 4 rings (SSSR count). The summed E-state index contributed by atoms with van der Waals surface area (Å²) in [6, 6.07) is 13.8. The van der Waals surface area contributed by atoms with E-state index in [0.29, 0.717) is 0 Å². The largest absolute Gasteiger partial charge is 0.497 e. The molecule has 1 aromatic heterocycles. The Morgan fingerprint density at radius 2 is 2.00 bits per heavy atom. The molecule has 24 heavy (non-hydrogen) atoms. The Balaban J connectivity index is 1.67. The third-order valence-corrected chi connectivity index (χ3v) is 5.35. The first-order chi connectivity index (χ1) is 11.7. The molecule has 0 spiro atoms. The lowest BCUT2D eigenvalue weighted by atomic mass is 9.93. The zero-order valence-electron chi connectivity index (χ0n) is 13.1. The molecule has 120 valence electrons. The molecule has 0 radical (unpaired) electrons. The first-order valence-corrected chi connectivity index (χ1v) is 8.89. The summed E-state index contributed by atoms with van der Waals surface area (Å²) in [7, 11) is 1.69. The fourth-order valence-electron chi connectivity index (χ4n) is 2.82. The van der Waals surface area contributed by atoms with Gasteiger partial charge in [0.1, 0.15) is 5.75 Å². The zero-order chi connectivity index (χ0) is 16.5. The van der Waals surface area contributed by atoms with Crippen LogP contribution in [0.25, 0.3) is 11.3 Å². The van der Waals surface area contributed by atoms with Crippen LogP contribution in [-0.4, -0.2) is 18.3 Å². The van der Waals surface area contributed by atoms with Crippen molar-refractivity contribution < 1.29 is 4.74 Å². The predicted molar refractivity (Wildman–Crippen MR) is 100 cm³/mol. The molecule has 0 saturated heterocycles. The molecule has 0 fully saturated rings. The Morgan fingerprint density at radius 3 is 2.79 bits per heavy atom. The summed E-state index contributed by atoms with van der Waals surface area (Å²) in [4.78, 5) is 10.6. The van der Waals surface area contributed by atoms with Crippen molar-refractivity contribution >= 4 is 34.3 Å². The van der Waals surface area contributed by atoms with Crippen LogP contribution >= 0.6 is 22.9 Å². The Hall–Kier alpha value is -2.17. The van der Waals surface area contributed by atoms with E-state index in [-0.39, 0.29) is 0 Å². The molecule has 1 aliphatic carbocycles. The molecular weight excluding hydrogens is 340 g/mol. The summed E-state index contributed by atoms with van der Waals surface area (Å²) in [5.74, 6) is 0.862. The van der Waals surface area contributed by atoms with E-state index < -0.39 is 0 Å². The number of ether oxygens (including phenoxy) is 1. The van der Waals surface area contributed by atoms with Gasteiger partial charge in [-0.3, -0.25) is 0 Å². The van der Waals surface area contributed by atoms with Crippen LogP contribution in [0.5, 0.6) is 5.75 Å². The topological polar surface area (TPSA) is 34.5 Å². The number of hydrogen-bond acceptors (Lipinski definition) is 4. The van der Waals surface area contributed by atoms with Gasteiger partial charge < -0.3 is 4.74 Å². The van der Waals surface area contributed by atoms with Crippen molar-refractivity contribution in [2.45, 2.75) is 12.8 Å². The van der Waals surface area contributed by atoms with Crippen LogP contribution < -0.4 is 4.74 Å². The highest BCUT2D eigenvalue weighted by Crippen LogP contribution is 2.40. The standard InChI is InChI=1S/C19H15ClN2OS/c1-23-15-8-4-13-5-9-17-18(16(13)10-15)22-19(24-17)21-11-12-2-6-14(20)7-3-12/h2-4,6-8,10-11H,5,9H2,1H3. The summed E-state index contributed by atoms with van der Waals surface area (Å²) < 4.78 is 5.35. The maximum atomic E-state index is 5.91. The second kappa shape index (κ2) is 6.38. The first kappa shape index (κ1) is 15.4. The average Bonchev–Trinajstić information content (AvgIpc) is 3.04. The van der Waals surface area contributed by atoms with E-state index in [2.05, 4.69) is 17.1 Å². The number of thiazole rings is 1. The smallest absolute Gasteiger partial charge is 0.209 e. The Bertz CT molecular complexity index is 916. The van der Waals surface area contributed by atoms with Gasteiger partial charge in [0.05, 0.1) is 12.8 Å². The lowest BCUT2D eigenvalue weighted by Crippen LogP contribution is -2.02. The molecule has 1 aliphatic rings. The maximum absolute atomic E-state index is 5.91. The molecule has 0 unspecified atom stereocenters. The van der Waals surface area contributed by atoms with Crippen LogP contribution in [0, 0.1) is 0 Å². The number of halogens is 1. The van der Waals surface area contributed by atoms with Gasteiger partial charge in [0.15, 0.2) is 0 Å². The Kier molecular flexibility index (Phi) is 4.08. The number of aryl methyl sites for hydroxylation is 2. The van der Waals surface area contributed by atoms with E-state index in [0.717, 1.165) is 40.0 Å². The van der Waals surface area contributed by atoms with E-state index in [1.807, 2.05) is 36.5 Å². The van der Waals surface area contributed by atoms with Gasteiger partial charge in [-0.05, 0) is 48.2 Å². The van der Waals surface area contributed by atoms with Crippen molar-refractivity contribution in [3.8, 4) is 17.0 Å². The van der Waals surface area contributed by atoms with E-state index in [1.54, 1.807) is 18.4 Å². The van der Waals surface area contributed by atoms with Gasteiger partial charge in [-0.25, -0.2) is 9.98 Å². The van der Waals surface area contributed by atoms with Crippen molar-refractivity contribution in [3.63, 3.8) is 0 Å². The lowest BCUT2D eigenvalue weighted by Gasteiger charge is -2.15. The molecule has 5 heteroatoms. The zero-order valence-corrected chi connectivity index (χ0v) is 14.7. The van der Waals surface area contributed by atoms with Crippen molar-refractivity contribution in [1.29, 1.82) is 0 Å². The number of aliphatic imine (C=N–C) groups is 1. The van der Waals surface area contributed by atoms with Crippen molar-refractivity contribution in [1.82, 2.24) is 4.98 Å². The van der Waals surface area contributed by atoms with Gasteiger partial charge in [-0.15, -0.1) is 0 Å². The third-order valence-electron chi connectivity index (χ3n) is 4.07. The molecule has 0 bridgehead atoms. The Morgan fingerprint density at radius 1 is 1.17 bits per heavy atom. The van der Waals surface area contributed by atoms with Crippen molar-refractivity contribution in [2.24, 2.45) is 4.99 Å². The SMILES string of the molecule is COc1ccc2c(c1)-c1nc(N=Cc3ccc(Cl)cc3)sc1CC2. The third kappa shape index (κ3) is 2.95. The minimum Gasteiger partial charge on any atom is -0.497 e. The summed E-state index contributed by atoms with van der Waals surface area (Å²) in [5, 5.41) is 1.51. The number of methoxy groups -OCH3 is 1. The fraction of sp³-hybridized carbons (Fsp3) is 0.158. The van der Waals surface area contributed by atoms with E-state index in [9.17, 15) is 0 Å². The first-order valence-electron chi connectivity index (χ1n) is 7.69. The number of fused-ring (bicyclic) bond motifs is 3. The highest BCUT2D eigenvalue weighted by Gasteiger charge is 2.21. The Labute approximate surface area is 149 Å². The van der Waals surface area contributed by atoms with Gasteiger partial charge in [-0.2, -0.15) is 0 Å². The molecule has 0 saturated carbocycles. The summed E-state index contributed by atoms with van der Waals surface area (Å²) in [5.41, 5.74) is 4.54. The van der Waals surface area contributed by atoms with Gasteiger partial charge in [0.25, 0.3) is 0 Å². The van der Waals surface area contributed by atoms with E-state index >= 15 is 0 Å². The van der Waals surface area contributed by atoms with Crippen LogP contribution in [0.2, 0.25) is 5.02 Å². The van der Waals surface area contributed by atoms with E-state index in [1.165, 1.54) is 16.0 Å². The molecule has 0 aliphatic heterocycles. The van der Waals surface area contributed by atoms with Crippen LogP contribution in [0.4, 0.5) is 5.13 Å². The second-order valence-electron chi connectivity index (χ2n) is 5.60. The summed E-state index contributed by atoms with van der Waals surface area (Å²) in [6.07, 6.45) is 3.88. The molecule has 3 aromatic rings. The number of hydrogen-bond donors (Lipinski definition) is 0. The predicted octanol–water partition coefficient (Wildman–Crippen LogP) is 5.32. The highest BCUT2D eigenvalue weighted by atomic mass is 35.5. The van der Waals surface area contributed by atoms with Crippen molar-refractivity contribution in [2.75, 3.05) is 7.11 Å². The lowest BCUT2D eigenvalue weighted by molar-refractivity contribution is 0.415. The molecule has 0 N–H and O–H groups in total. The number of aromatic nitrogens is 1. The quantitative estimate of drug-likeness (QED) is 0.596. The molecule has 3 nitrogen and oxygen atoms in total. The number of rotatable bonds is 3. The maximum Gasteiger partial charge on any atom is 0.209 e. The minimum absolute atomic E-state index is 0.724. The summed E-state index contributed by atoms with van der Waals surface area (Å²) >= 11 is 7.56. The highest BCUT2D eigenvalue weighted by molar-refractivity contribution is 7.15. The number of benzene rings is 2. The van der Waals surface area contributed by atoms with Gasteiger partial charge >= 0.3 is 0 Å². The van der Waals surface area contributed by atoms with Gasteiger partial charge in [0.2, 0.25) is 5.13 Å². The minimum atomic E-state index is 0.724. The van der Waals surface area contributed by atoms with Crippen LogP contribution in [-0.2, 0) is 12.8 Å². The van der Waals surface area contributed by atoms with Crippen LogP contribution in [0.3, 0.4) is 0 Å². The van der Waals surface area contributed by atoms with Crippen LogP contribution in [0.15, 0.2) is 47.5 Å². The van der Waals surface area contributed by atoms with Crippen molar-refractivity contribution in [3.05, 3.63) is 63.5 Å². The molecule has 1 heterocycles. The number of nitrogens with zero attached hydrogens (tertiary/aromatic N) is 2. The molecule has 0 atom stereocenters. The monoisotopic (exact) mass is 354 g/mol. The second-order valence-corrected chi connectivity index (χ2v) is 7.10. The average molecular weight is 355 g/mol. The van der Waals surface area contributed by atoms with Crippen LogP contribution in [0.1, 0.15) is 16.0 Å². The summed E-state index contributed by atoms with van der Waals surface area (Å²) in [6.45, 7) is 0.